The molecule has 0 aromatic heterocycles. The smallest absolute Gasteiger partial charge is 0.241 e. The SMILES string of the molecule is COc1cc(OC)cc(N2C(=O)C3C(c4ccc(F)cc4)OC4(C(=O)c5ccccc5C4=O)C3C2=O)c1. The third-order valence-corrected chi connectivity index (χ3v) is 7.31. The number of halogens is 1. The molecule has 8 nitrogen and oxygen atoms in total. The zero-order valence-corrected chi connectivity index (χ0v) is 19.8. The Morgan fingerprint density at radius 1 is 0.811 bits per heavy atom. The molecule has 1 spiro atoms. The number of rotatable bonds is 4. The number of benzene rings is 3. The van der Waals surface area contributed by atoms with E-state index < -0.39 is 52.7 Å². The van der Waals surface area contributed by atoms with Crippen molar-refractivity contribution < 1.29 is 37.8 Å². The van der Waals surface area contributed by atoms with Gasteiger partial charge >= 0.3 is 0 Å². The van der Waals surface area contributed by atoms with Crippen LogP contribution >= 0.6 is 0 Å². The molecule has 2 aliphatic heterocycles. The lowest BCUT2D eigenvalue weighted by Gasteiger charge is -2.27. The van der Waals surface area contributed by atoms with Crippen LogP contribution in [0.15, 0.2) is 66.7 Å². The van der Waals surface area contributed by atoms with Gasteiger partial charge in [-0.15, -0.1) is 0 Å². The number of hydrogen-bond acceptors (Lipinski definition) is 7. The van der Waals surface area contributed by atoms with Gasteiger partial charge in [-0.2, -0.15) is 0 Å². The molecule has 2 amide bonds. The van der Waals surface area contributed by atoms with Crippen LogP contribution in [0.3, 0.4) is 0 Å². The van der Waals surface area contributed by atoms with Crippen LogP contribution in [-0.4, -0.2) is 43.2 Å². The first-order chi connectivity index (χ1) is 17.8. The first-order valence-corrected chi connectivity index (χ1v) is 11.5. The Morgan fingerprint density at radius 2 is 1.38 bits per heavy atom. The summed E-state index contributed by atoms with van der Waals surface area (Å²) in [5, 5.41) is 0. The van der Waals surface area contributed by atoms with Crippen LogP contribution < -0.4 is 14.4 Å². The lowest BCUT2D eigenvalue weighted by atomic mass is 9.77. The van der Waals surface area contributed by atoms with Crippen molar-refractivity contribution >= 4 is 29.1 Å². The van der Waals surface area contributed by atoms with Crippen LogP contribution in [-0.2, 0) is 14.3 Å². The number of methoxy groups -OCH3 is 2. The number of Topliss-reactive ketones (excluding diaryl/α,β-unsaturated/α-hetero) is 2. The van der Waals surface area contributed by atoms with Gasteiger partial charge in [-0.3, -0.25) is 19.2 Å². The summed E-state index contributed by atoms with van der Waals surface area (Å²) in [6.07, 6.45) is -1.14. The molecular weight excluding hydrogens is 481 g/mol. The van der Waals surface area contributed by atoms with Crippen LogP contribution in [0.25, 0.3) is 0 Å². The van der Waals surface area contributed by atoms with E-state index in [1.165, 1.54) is 62.8 Å². The van der Waals surface area contributed by atoms with Crippen LogP contribution in [0.5, 0.6) is 11.5 Å². The van der Waals surface area contributed by atoms with E-state index in [1.807, 2.05) is 0 Å². The van der Waals surface area contributed by atoms with Crippen LogP contribution in [0.1, 0.15) is 32.4 Å². The highest BCUT2D eigenvalue weighted by atomic mass is 19.1. The summed E-state index contributed by atoms with van der Waals surface area (Å²) in [5.41, 5.74) is -1.40. The molecule has 0 saturated carbocycles. The quantitative estimate of drug-likeness (QED) is 0.398. The van der Waals surface area contributed by atoms with Crippen molar-refractivity contribution in [3.8, 4) is 11.5 Å². The van der Waals surface area contributed by atoms with Gasteiger partial charge in [0, 0.05) is 29.3 Å². The third kappa shape index (κ3) is 3.04. The Balaban J connectivity index is 1.54. The number of ketones is 2. The molecule has 1 aliphatic carbocycles. The number of anilines is 1. The van der Waals surface area contributed by atoms with E-state index in [2.05, 4.69) is 0 Å². The summed E-state index contributed by atoms with van der Waals surface area (Å²) < 4.78 is 30.5. The minimum atomic E-state index is -2.21. The van der Waals surface area contributed by atoms with Gasteiger partial charge in [-0.25, -0.2) is 9.29 Å². The zero-order valence-electron chi connectivity index (χ0n) is 19.8. The predicted molar refractivity (Wildman–Crippen MR) is 127 cm³/mol. The van der Waals surface area contributed by atoms with Crippen molar-refractivity contribution in [2.45, 2.75) is 11.7 Å². The molecule has 6 rings (SSSR count). The molecule has 2 heterocycles. The number of imide groups is 1. The van der Waals surface area contributed by atoms with Gasteiger partial charge in [0.1, 0.15) is 17.3 Å². The van der Waals surface area contributed by atoms with E-state index in [0.29, 0.717) is 17.1 Å². The monoisotopic (exact) mass is 501 g/mol. The number of carbonyl (C=O) groups is 4. The molecule has 3 atom stereocenters. The van der Waals surface area contributed by atoms with Crippen molar-refractivity contribution in [3.63, 3.8) is 0 Å². The number of fused-ring (bicyclic) bond motifs is 3. The van der Waals surface area contributed by atoms with Crippen molar-refractivity contribution in [1.29, 1.82) is 0 Å². The molecule has 3 aliphatic rings. The Morgan fingerprint density at radius 3 is 1.92 bits per heavy atom. The van der Waals surface area contributed by atoms with Crippen LogP contribution in [0, 0.1) is 17.7 Å². The molecule has 0 radical (unpaired) electrons. The first-order valence-electron chi connectivity index (χ1n) is 11.5. The van der Waals surface area contributed by atoms with Crippen molar-refractivity contribution in [2.75, 3.05) is 19.1 Å². The van der Waals surface area contributed by atoms with E-state index in [9.17, 15) is 23.6 Å². The largest absolute Gasteiger partial charge is 0.497 e. The van der Waals surface area contributed by atoms with Gasteiger partial charge in [0.05, 0.1) is 37.8 Å². The fourth-order valence-corrected chi connectivity index (χ4v) is 5.65. The van der Waals surface area contributed by atoms with Gasteiger partial charge in [0.25, 0.3) is 0 Å². The maximum Gasteiger partial charge on any atom is 0.241 e. The Kier molecular flexibility index (Phi) is 5.03. The summed E-state index contributed by atoms with van der Waals surface area (Å²) in [5.74, 6) is -5.17. The van der Waals surface area contributed by atoms with E-state index in [0.717, 1.165) is 4.90 Å². The number of ether oxygens (including phenoxy) is 3. The summed E-state index contributed by atoms with van der Waals surface area (Å²) in [6, 6.07) is 16.0. The zero-order chi connectivity index (χ0) is 26.1. The van der Waals surface area contributed by atoms with Crippen molar-refractivity contribution in [3.05, 3.63) is 89.2 Å². The molecule has 3 unspecified atom stereocenters. The molecule has 9 heteroatoms. The number of nitrogens with zero attached hydrogens (tertiary/aromatic N) is 1. The van der Waals surface area contributed by atoms with Gasteiger partial charge in [0.15, 0.2) is 0 Å². The van der Waals surface area contributed by atoms with E-state index in [1.54, 1.807) is 18.2 Å². The normalized spacial score (nSPS) is 23.5. The second-order valence-corrected chi connectivity index (χ2v) is 9.12. The molecule has 37 heavy (non-hydrogen) atoms. The molecule has 3 aromatic rings. The number of hydrogen-bond donors (Lipinski definition) is 0. The van der Waals surface area contributed by atoms with Gasteiger partial charge in [-0.1, -0.05) is 36.4 Å². The van der Waals surface area contributed by atoms with E-state index in [-0.39, 0.29) is 16.8 Å². The van der Waals surface area contributed by atoms with Crippen molar-refractivity contribution in [2.24, 2.45) is 11.8 Å². The fraction of sp³-hybridized carbons (Fsp3) is 0.214. The summed E-state index contributed by atoms with van der Waals surface area (Å²) in [7, 11) is 2.86. The summed E-state index contributed by atoms with van der Waals surface area (Å²) >= 11 is 0. The maximum atomic E-state index is 14.0. The topological polar surface area (TPSA) is 99.2 Å². The lowest BCUT2D eigenvalue weighted by Crippen LogP contribution is -2.51. The molecular formula is C28H20FNO7. The Labute approximate surface area is 210 Å². The lowest BCUT2D eigenvalue weighted by molar-refractivity contribution is -0.127. The summed E-state index contributed by atoms with van der Waals surface area (Å²) in [6.45, 7) is 0. The van der Waals surface area contributed by atoms with Crippen LogP contribution in [0.4, 0.5) is 10.1 Å². The maximum absolute atomic E-state index is 14.0. The number of carbonyl (C=O) groups excluding carboxylic acids is 4. The summed E-state index contributed by atoms with van der Waals surface area (Å²) in [4.78, 5) is 56.4. The highest BCUT2D eigenvalue weighted by molar-refractivity contribution is 6.37. The molecule has 2 fully saturated rings. The average molecular weight is 501 g/mol. The van der Waals surface area contributed by atoms with Crippen molar-refractivity contribution in [1.82, 2.24) is 0 Å². The molecule has 3 aromatic carbocycles. The fourth-order valence-electron chi connectivity index (χ4n) is 5.65. The molecule has 0 bridgehead atoms. The highest BCUT2D eigenvalue weighted by Gasteiger charge is 2.74. The van der Waals surface area contributed by atoms with E-state index in [4.69, 9.17) is 14.2 Å². The minimum Gasteiger partial charge on any atom is -0.497 e. The Bertz CT molecular complexity index is 1440. The van der Waals surface area contributed by atoms with Gasteiger partial charge in [-0.05, 0) is 17.7 Å². The minimum absolute atomic E-state index is 0.132. The second kappa shape index (κ2) is 8.07. The first kappa shape index (κ1) is 23.1. The molecule has 2 saturated heterocycles. The van der Waals surface area contributed by atoms with Crippen LogP contribution in [0.2, 0.25) is 0 Å². The predicted octanol–water partition coefficient (Wildman–Crippen LogP) is 3.54. The Hall–Kier alpha value is -4.37. The second-order valence-electron chi connectivity index (χ2n) is 9.12. The standard InChI is InChI=1S/C28H20FNO7/c1-35-17-11-16(12-18(13-17)36-2)30-26(33)21-22(27(30)34)28(37-23(21)14-7-9-15(29)10-8-14)24(31)19-5-3-4-6-20(19)25(28)32/h3-13,21-23H,1-2H3. The van der Waals surface area contributed by atoms with E-state index >= 15 is 0 Å². The average Bonchev–Trinajstić information content (AvgIpc) is 3.48. The highest BCUT2D eigenvalue weighted by Crippen LogP contribution is 2.57. The van der Waals surface area contributed by atoms with Gasteiger partial charge < -0.3 is 14.2 Å². The number of amides is 2. The van der Waals surface area contributed by atoms with Gasteiger partial charge in [0.2, 0.25) is 29.0 Å². The third-order valence-electron chi connectivity index (χ3n) is 7.31. The molecule has 186 valence electrons. The molecule has 0 N–H and O–H groups in total.